The van der Waals surface area contributed by atoms with Gasteiger partial charge in [-0.25, -0.2) is 0 Å². The fraction of sp³-hybridized carbons (Fsp3) is 0.467. The van der Waals surface area contributed by atoms with E-state index in [4.69, 9.17) is 4.42 Å². The van der Waals surface area contributed by atoms with E-state index in [0.717, 1.165) is 18.7 Å². The van der Waals surface area contributed by atoms with E-state index in [2.05, 4.69) is 38.2 Å². The highest BCUT2D eigenvalue weighted by Gasteiger charge is 2.09. The summed E-state index contributed by atoms with van der Waals surface area (Å²) in [6.07, 6.45) is 3.04. The maximum absolute atomic E-state index is 5.51. The maximum atomic E-state index is 5.51. The quantitative estimate of drug-likeness (QED) is 0.806. The molecule has 0 radical (unpaired) electrons. The van der Waals surface area contributed by atoms with Crippen molar-refractivity contribution in [3.05, 3.63) is 36.1 Å². The summed E-state index contributed by atoms with van der Waals surface area (Å²) >= 11 is 0. The molecule has 0 saturated heterocycles. The molecule has 0 atom stereocenters. The van der Waals surface area contributed by atoms with Crippen molar-refractivity contribution in [2.75, 3.05) is 6.54 Å². The summed E-state index contributed by atoms with van der Waals surface area (Å²) < 4.78 is 5.51. The van der Waals surface area contributed by atoms with E-state index in [1.807, 2.05) is 18.4 Å². The molecule has 2 aromatic rings. The molecule has 1 aromatic heterocycles. The Morgan fingerprint density at radius 3 is 2.71 bits per heavy atom. The fourth-order valence-electron chi connectivity index (χ4n) is 1.86. The summed E-state index contributed by atoms with van der Waals surface area (Å²) in [5.74, 6) is 0. The van der Waals surface area contributed by atoms with Gasteiger partial charge < -0.3 is 9.73 Å². The van der Waals surface area contributed by atoms with Gasteiger partial charge in [0.2, 0.25) is 0 Å². The Hall–Kier alpha value is -1.28. The smallest absolute Gasteiger partial charge is 0.134 e. The molecule has 17 heavy (non-hydrogen) atoms. The number of nitrogens with one attached hydrogen (secondary N) is 1. The third kappa shape index (κ3) is 3.34. The van der Waals surface area contributed by atoms with E-state index in [9.17, 15) is 0 Å². The third-order valence-corrected chi connectivity index (χ3v) is 2.93. The van der Waals surface area contributed by atoms with Gasteiger partial charge in [-0.15, -0.1) is 0 Å². The molecule has 0 amide bonds. The lowest BCUT2D eigenvalue weighted by atomic mass is 9.92. The van der Waals surface area contributed by atoms with Gasteiger partial charge in [-0.1, -0.05) is 39.0 Å². The molecule has 1 heterocycles. The number of fused-ring (bicyclic) bond motifs is 1. The first-order valence-corrected chi connectivity index (χ1v) is 6.22. The molecule has 0 spiro atoms. The minimum absolute atomic E-state index is 0.394. The van der Waals surface area contributed by atoms with Gasteiger partial charge in [0.05, 0.1) is 6.26 Å². The van der Waals surface area contributed by atoms with Crippen LogP contribution in [0.5, 0.6) is 0 Å². The molecule has 2 rings (SSSR count). The topological polar surface area (TPSA) is 25.2 Å². The van der Waals surface area contributed by atoms with Crippen LogP contribution in [0.1, 0.15) is 32.8 Å². The van der Waals surface area contributed by atoms with Gasteiger partial charge in [0.15, 0.2) is 0 Å². The second-order valence-corrected chi connectivity index (χ2v) is 5.74. The standard InChI is InChI=1S/C15H21NO/c1-15(2,3)8-9-16-10-12-11-17-14-7-5-4-6-13(12)14/h4-7,11,16H,8-10H2,1-3H3. The predicted molar refractivity (Wildman–Crippen MR) is 72.0 cm³/mol. The second kappa shape index (κ2) is 4.92. The largest absolute Gasteiger partial charge is 0.464 e. The van der Waals surface area contributed by atoms with E-state index in [1.54, 1.807) is 0 Å². The van der Waals surface area contributed by atoms with Crippen molar-refractivity contribution in [3.8, 4) is 0 Å². The molecular formula is C15H21NO. The Labute approximate surface area is 103 Å². The molecule has 1 N–H and O–H groups in total. The first-order valence-electron chi connectivity index (χ1n) is 6.22. The average Bonchev–Trinajstić information content (AvgIpc) is 2.67. The van der Waals surface area contributed by atoms with Crippen LogP contribution in [-0.2, 0) is 6.54 Å². The molecular weight excluding hydrogens is 210 g/mol. The third-order valence-electron chi connectivity index (χ3n) is 2.93. The molecule has 92 valence electrons. The monoisotopic (exact) mass is 231 g/mol. The molecule has 2 heteroatoms. The Bertz CT molecular complexity index is 479. The van der Waals surface area contributed by atoms with Gasteiger partial charge in [-0.3, -0.25) is 0 Å². The van der Waals surface area contributed by atoms with Crippen molar-refractivity contribution in [1.29, 1.82) is 0 Å². The zero-order valence-corrected chi connectivity index (χ0v) is 10.9. The molecule has 0 bridgehead atoms. The number of hydrogen-bond acceptors (Lipinski definition) is 2. The van der Waals surface area contributed by atoms with Crippen LogP contribution in [0, 0.1) is 5.41 Å². The van der Waals surface area contributed by atoms with E-state index in [-0.39, 0.29) is 0 Å². The van der Waals surface area contributed by atoms with Gasteiger partial charge in [-0.05, 0) is 24.4 Å². The summed E-state index contributed by atoms with van der Waals surface area (Å²) in [5, 5.41) is 4.69. The first kappa shape index (κ1) is 12.2. The van der Waals surface area contributed by atoms with Crippen LogP contribution >= 0.6 is 0 Å². The number of rotatable bonds is 4. The van der Waals surface area contributed by atoms with Crippen molar-refractivity contribution in [1.82, 2.24) is 5.32 Å². The molecule has 1 aromatic carbocycles. The van der Waals surface area contributed by atoms with Crippen molar-refractivity contribution in [3.63, 3.8) is 0 Å². The fourth-order valence-corrected chi connectivity index (χ4v) is 1.86. The van der Waals surface area contributed by atoms with Gasteiger partial charge >= 0.3 is 0 Å². The van der Waals surface area contributed by atoms with Crippen LogP contribution in [0.2, 0.25) is 0 Å². The van der Waals surface area contributed by atoms with Crippen molar-refractivity contribution in [2.24, 2.45) is 5.41 Å². The van der Waals surface area contributed by atoms with Crippen LogP contribution in [0.25, 0.3) is 11.0 Å². The van der Waals surface area contributed by atoms with Gasteiger partial charge in [0, 0.05) is 17.5 Å². The summed E-state index contributed by atoms with van der Waals surface area (Å²) in [5.41, 5.74) is 2.61. The summed E-state index contributed by atoms with van der Waals surface area (Å²) in [4.78, 5) is 0. The lowest BCUT2D eigenvalue weighted by molar-refractivity contribution is 0.366. The van der Waals surface area contributed by atoms with Crippen molar-refractivity contribution >= 4 is 11.0 Å². The van der Waals surface area contributed by atoms with Crippen LogP contribution in [0.3, 0.4) is 0 Å². The van der Waals surface area contributed by atoms with E-state index < -0.39 is 0 Å². The Balaban J connectivity index is 1.91. The van der Waals surface area contributed by atoms with Crippen LogP contribution in [-0.4, -0.2) is 6.54 Å². The van der Waals surface area contributed by atoms with Crippen molar-refractivity contribution in [2.45, 2.75) is 33.7 Å². The zero-order chi connectivity index (χ0) is 12.3. The molecule has 0 unspecified atom stereocenters. The number of para-hydroxylation sites is 1. The zero-order valence-electron chi connectivity index (χ0n) is 10.9. The van der Waals surface area contributed by atoms with Crippen LogP contribution < -0.4 is 5.32 Å². The molecule has 0 saturated carbocycles. The van der Waals surface area contributed by atoms with E-state index >= 15 is 0 Å². The molecule has 0 aliphatic heterocycles. The average molecular weight is 231 g/mol. The van der Waals surface area contributed by atoms with Gasteiger partial charge in [0.25, 0.3) is 0 Å². The lowest BCUT2D eigenvalue weighted by Crippen LogP contribution is -2.19. The molecule has 0 aliphatic carbocycles. The summed E-state index contributed by atoms with van der Waals surface area (Å²) in [6.45, 7) is 8.72. The highest BCUT2D eigenvalue weighted by Crippen LogP contribution is 2.21. The normalized spacial score (nSPS) is 12.2. The van der Waals surface area contributed by atoms with Crippen LogP contribution in [0.15, 0.2) is 34.9 Å². The Morgan fingerprint density at radius 2 is 1.94 bits per heavy atom. The van der Waals surface area contributed by atoms with E-state index in [0.29, 0.717) is 5.41 Å². The Morgan fingerprint density at radius 1 is 1.18 bits per heavy atom. The van der Waals surface area contributed by atoms with E-state index in [1.165, 1.54) is 17.4 Å². The second-order valence-electron chi connectivity index (χ2n) is 5.74. The maximum Gasteiger partial charge on any atom is 0.134 e. The number of furan rings is 1. The number of benzene rings is 1. The highest BCUT2D eigenvalue weighted by molar-refractivity contribution is 5.80. The SMILES string of the molecule is CC(C)(C)CCNCc1coc2ccccc12. The first-order chi connectivity index (χ1) is 8.06. The molecule has 2 nitrogen and oxygen atoms in total. The highest BCUT2D eigenvalue weighted by atomic mass is 16.3. The lowest BCUT2D eigenvalue weighted by Gasteiger charge is -2.17. The van der Waals surface area contributed by atoms with Gasteiger partial charge in [0.1, 0.15) is 5.58 Å². The van der Waals surface area contributed by atoms with Crippen LogP contribution in [0.4, 0.5) is 0 Å². The summed E-state index contributed by atoms with van der Waals surface area (Å²) in [6, 6.07) is 8.17. The van der Waals surface area contributed by atoms with Crippen molar-refractivity contribution < 1.29 is 4.42 Å². The molecule has 0 aliphatic rings. The Kier molecular flexibility index (Phi) is 3.53. The number of hydrogen-bond donors (Lipinski definition) is 1. The summed E-state index contributed by atoms with van der Waals surface area (Å²) in [7, 11) is 0. The predicted octanol–water partition coefficient (Wildman–Crippen LogP) is 3.96. The minimum atomic E-state index is 0.394. The van der Waals surface area contributed by atoms with Gasteiger partial charge in [-0.2, -0.15) is 0 Å². The minimum Gasteiger partial charge on any atom is -0.464 e. The molecule has 0 fully saturated rings.